The van der Waals surface area contributed by atoms with Crippen LogP contribution in [0.15, 0.2) is 18.2 Å². The number of hydrogen-bond donors (Lipinski definition) is 1. The highest BCUT2D eigenvalue weighted by Gasteiger charge is 2.23. The number of alkyl halides is 2. The van der Waals surface area contributed by atoms with Crippen molar-refractivity contribution < 1.29 is 13.6 Å². The molecule has 1 aromatic rings. The number of anilines is 1. The number of halogens is 2. The van der Waals surface area contributed by atoms with Gasteiger partial charge in [0.15, 0.2) is 0 Å². The smallest absolute Gasteiger partial charge is 0.266 e. The standard InChI is InChI=1S/C10H12F2N2O/c1-6-3-4-7(2)8(5-6)14(13)10(15)9(11)12/h3-5,9H,13H2,1-2H3. The first kappa shape index (κ1) is 11.6. The maximum absolute atomic E-state index is 12.1. The van der Waals surface area contributed by atoms with Crippen molar-refractivity contribution in [3.8, 4) is 0 Å². The molecule has 82 valence electrons. The van der Waals surface area contributed by atoms with Crippen LogP contribution in [0.2, 0.25) is 0 Å². The third-order valence-corrected chi connectivity index (χ3v) is 2.05. The average Bonchev–Trinajstić information content (AvgIpc) is 2.19. The van der Waals surface area contributed by atoms with Gasteiger partial charge in [-0.3, -0.25) is 4.79 Å². The van der Waals surface area contributed by atoms with E-state index >= 15 is 0 Å². The van der Waals surface area contributed by atoms with Crippen molar-refractivity contribution in [1.29, 1.82) is 0 Å². The van der Waals surface area contributed by atoms with Crippen LogP contribution in [0, 0.1) is 13.8 Å². The zero-order chi connectivity index (χ0) is 11.6. The predicted octanol–water partition coefficient (Wildman–Crippen LogP) is 1.78. The number of nitrogens with zero attached hydrogens (tertiary/aromatic N) is 1. The Bertz CT molecular complexity index is 380. The molecule has 1 aromatic carbocycles. The number of carbonyl (C=O) groups excluding carboxylic acids is 1. The van der Waals surface area contributed by atoms with Crippen molar-refractivity contribution in [1.82, 2.24) is 0 Å². The average molecular weight is 214 g/mol. The molecule has 0 aromatic heterocycles. The third kappa shape index (κ3) is 2.50. The predicted molar refractivity (Wildman–Crippen MR) is 53.6 cm³/mol. The van der Waals surface area contributed by atoms with Gasteiger partial charge in [0, 0.05) is 0 Å². The number of benzene rings is 1. The minimum absolute atomic E-state index is 0.306. The first-order chi connectivity index (χ1) is 6.93. The van der Waals surface area contributed by atoms with E-state index in [0.29, 0.717) is 16.3 Å². The SMILES string of the molecule is Cc1ccc(C)c(N(N)C(=O)C(F)F)c1. The molecule has 5 heteroatoms. The maximum atomic E-state index is 12.1. The normalized spacial score (nSPS) is 10.5. The van der Waals surface area contributed by atoms with Gasteiger partial charge in [0.25, 0.3) is 0 Å². The van der Waals surface area contributed by atoms with Gasteiger partial charge in [-0.1, -0.05) is 12.1 Å². The summed E-state index contributed by atoms with van der Waals surface area (Å²) in [5.74, 6) is 3.91. The molecule has 0 saturated carbocycles. The third-order valence-electron chi connectivity index (χ3n) is 2.05. The van der Waals surface area contributed by atoms with E-state index < -0.39 is 12.3 Å². The molecule has 0 radical (unpaired) electrons. The fraction of sp³-hybridized carbons (Fsp3) is 0.300. The highest BCUT2D eigenvalue weighted by molar-refractivity contribution is 5.95. The van der Waals surface area contributed by atoms with E-state index in [1.54, 1.807) is 26.0 Å². The van der Waals surface area contributed by atoms with E-state index in [-0.39, 0.29) is 0 Å². The van der Waals surface area contributed by atoms with Crippen molar-refractivity contribution in [2.75, 3.05) is 5.01 Å². The van der Waals surface area contributed by atoms with Gasteiger partial charge in [0.1, 0.15) is 0 Å². The Balaban J connectivity index is 3.05. The van der Waals surface area contributed by atoms with E-state index in [1.165, 1.54) is 0 Å². The van der Waals surface area contributed by atoms with Crippen LogP contribution in [-0.2, 0) is 4.79 Å². The van der Waals surface area contributed by atoms with Crippen LogP contribution in [0.4, 0.5) is 14.5 Å². The maximum Gasteiger partial charge on any atom is 0.317 e. The second kappa shape index (κ2) is 4.35. The summed E-state index contributed by atoms with van der Waals surface area (Å²) in [6.07, 6.45) is -3.09. The Labute approximate surface area is 86.5 Å². The van der Waals surface area contributed by atoms with Crippen LogP contribution in [0.1, 0.15) is 11.1 Å². The molecule has 15 heavy (non-hydrogen) atoms. The topological polar surface area (TPSA) is 46.3 Å². The summed E-state index contributed by atoms with van der Waals surface area (Å²) in [4.78, 5) is 11.0. The lowest BCUT2D eigenvalue weighted by Gasteiger charge is -2.18. The van der Waals surface area contributed by atoms with Crippen LogP contribution >= 0.6 is 0 Å². The van der Waals surface area contributed by atoms with Gasteiger partial charge in [-0.15, -0.1) is 0 Å². The lowest BCUT2D eigenvalue weighted by atomic mass is 10.1. The lowest BCUT2D eigenvalue weighted by molar-refractivity contribution is -0.129. The largest absolute Gasteiger partial charge is 0.317 e. The number of hydrazine groups is 1. The highest BCUT2D eigenvalue weighted by atomic mass is 19.3. The summed E-state index contributed by atoms with van der Waals surface area (Å²) in [6, 6.07) is 5.14. The van der Waals surface area contributed by atoms with Crippen LogP contribution in [0.25, 0.3) is 0 Å². The van der Waals surface area contributed by atoms with E-state index in [9.17, 15) is 13.6 Å². The number of aryl methyl sites for hydroxylation is 2. The molecule has 0 spiro atoms. The van der Waals surface area contributed by atoms with Crippen molar-refractivity contribution in [3.05, 3.63) is 29.3 Å². The number of nitrogens with two attached hydrogens (primary N) is 1. The minimum atomic E-state index is -3.09. The van der Waals surface area contributed by atoms with Gasteiger partial charge >= 0.3 is 12.3 Å². The molecule has 2 N–H and O–H groups in total. The molecular formula is C10H12F2N2O. The zero-order valence-electron chi connectivity index (χ0n) is 8.50. The molecule has 3 nitrogen and oxygen atoms in total. The first-order valence-electron chi connectivity index (χ1n) is 4.37. The van der Waals surface area contributed by atoms with Crippen LogP contribution in [0.3, 0.4) is 0 Å². The molecule has 0 bridgehead atoms. The molecular weight excluding hydrogens is 202 g/mol. The van der Waals surface area contributed by atoms with Crippen LogP contribution < -0.4 is 10.9 Å². The van der Waals surface area contributed by atoms with Crippen LogP contribution in [-0.4, -0.2) is 12.3 Å². The Morgan fingerprint density at radius 2 is 2.00 bits per heavy atom. The molecule has 0 aliphatic rings. The summed E-state index contributed by atoms with van der Waals surface area (Å²) >= 11 is 0. The Morgan fingerprint density at radius 3 is 2.53 bits per heavy atom. The molecule has 0 unspecified atom stereocenters. The zero-order valence-corrected chi connectivity index (χ0v) is 8.50. The summed E-state index contributed by atoms with van der Waals surface area (Å²) in [5.41, 5.74) is 1.84. The summed E-state index contributed by atoms with van der Waals surface area (Å²) in [5, 5.41) is 0.493. The number of carbonyl (C=O) groups is 1. The molecule has 1 rings (SSSR count). The van der Waals surface area contributed by atoms with Gasteiger partial charge in [-0.05, 0) is 31.0 Å². The molecule has 0 fully saturated rings. The van der Waals surface area contributed by atoms with Crippen molar-refractivity contribution in [2.45, 2.75) is 20.3 Å². The molecule has 0 heterocycles. The van der Waals surface area contributed by atoms with E-state index in [4.69, 9.17) is 5.84 Å². The van der Waals surface area contributed by atoms with Gasteiger partial charge in [-0.2, -0.15) is 8.78 Å². The lowest BCUT2D eigenvalue weighted by Crippen LogP contribution is -2.41. The molecule has 1 amide bonds. The van der Waals surface area contributed by atoms with Gasteiger partial charge in [0.2, 0.25) is 0 Å². The second-order valence-corrected chi connectivity index (χ2v) is 3.30. The fourth-order valence-corrected chi connectivity index (χ4v) is 1.20. The second-order valence-electron chi connectivity index (χ2n) is 3.30. The van der Waals surface area contributed by atoms with E-state index in [1.807, 2.05) is 6.07 Å². The number of amides is 1. The van der Waals surface area contributed by atoms with Gasteiger partial charge in [-0.25, -0.2) is 10.9 Å². The summed E-state index contributed by atoms with van der Waals surface area (Å²) in [6.45, 7) is 3.50. The van der Waals surface area contributed by atoms with Crippen LogP contribution in [0.5, 0.6) is 0 Å². The monoisotopic (exact) mass is 214 g/mol. The summed E-state index contributed by atoms with van der Waals surface area (Å²) in [7, 11) is 0. The van der Waals surface area contributed by atoms with Crippen molar-refractivity contribution in [2.24, 2.45) is 5.84 Å². The van der Waals surface area contributed by atoms with Gasteiger partial charge < -0.3 is 0 Å². The number of hydrogen-bond acceptors (Lipinski definition) is 2. The van der Waals surface area contributed by atoms with E-state index in [0.717, 1.165) is 5.56 Å². The molecule has 0 atom stereocenters. The first-order valence-corrected chi connectivity index (χ1v) is 4.37. The minimum Gasteiger partial charge on any atom is -0.266 e. The summed E-state index contributed by atoms with van der Waals surface area (Å²) < 4.78 is 24.3. The Morgan fingerprint density at radius 1 is 1.40 bits per heavy atom. The molecule has 0 aliphatic heterocycles. The quantitative estimate of drug-likeness (QED) is 0.463. The Hall–Kier alpha value is -1.49. The van der Waals surface area contributed by atoms with Crippen molar-refractivity contribution in [3.63, 3.8) is 0 Å². The molecule has 0 aliphatic carbocycles. The molecule has 0 saturated heterocycles. The highest BCUT2D eigenvalue weighted by Crippen LogP contribution is 2.20. The number of rotatable bonds is 2. The van der Waals surface area contributed by atoms with E-state index in [2.05, 4.69) is 0 Å². The van der Waals surface area contributed by atoms with Gasteiger partial charge in [0.05, 0.1) is 5.69 Å². The fourth-order valence-electron chi connectivity index (χ4n) is 1.20. The Kier molecular flexibility index (Phi) is 3.36. The van der Waals surface area contributed by atoms with Crippen molar-refractivity contribution >= 4 is 11.6 Å².